The first-order chi connectivity index (χ1) is 11.7. The predicted molar refractivity (Wildman–Crippen MR) is 118 cm³/mol. The lowest BCUT2D eigenvalue weighted by atomic mass is 10.2. The van der Waals surface area contributed by atoms with Gasteiger partial charge in [-0.05, 0) is 12.8 Å². The molecule has 0 spiro atoms. The number of ether oxygens (including phenoxy) is 1. The second-order valence-electron chi connectivity index (χ2n) is 5.60. The average molecular weight is 411 g/mol. The van der Waals surface area contributed by atoms with E-state index in [1.54, 1.807) is 0 Å². The number of hydrogen-bond donors (Lipinski definition) is 0. The van der Waals surface area contributed by atoms with Crippen LogP contribution in [0.15, 0.2) is 12.7 Å². The molecule has 0 rings (SSSR count). The van der Waals surface area contributed by atoms with E-state index in [1.807, 2.05) is 43.2 Å². The zero-order chi connectivity index (χ0) is 17.9. The van der Waals surface area contributed by atoms with Gasteiger partial charge in [-0.2, -0.15) is 0 Å². The SMILES string of the molecule is C=CC(=O)OCC(CSSCCCCCC)SSCCCCCC. The molecule has 0 aromatic rings. The molecule has 6 heteroatoms. The summed E-state index contributed by atoms with van der Waals surface area (Å²) in [5.41, 5.74) is 0. The quantitative estimate of drug-likeness (QED) is 0.104. The highest BCUT2D eigenvalue weighted by Crippen LogP contribution is 2.33. The monoisotopic (exact) mass is 410 g/mol. The van der Waals surface area contributed by atoms with E-state index in [2.05, 4.69) is 20.4 Å². The Labute approximate surface area is 165 Å². The van der Waals surface area contributed by atoms with Crippen molar-refractivity contribution in [3.05, 3.63) is 12.7 Å². The molecule has 0 fully saturated rings. The fourth-order valence-corrected chi connectivity index (χ4v) is 7.42. The van der Waals surface area contributed by atoms with Crippen LogP contribution in [-0.4, -0.2) is 35.1 Å². The first kappa shape index (κ1) is 24.6. The van der Waals surface area contributed by atoms with Gasteiger partial charge in [0.2, 0.25) is 0 Å². The number of esters is 1. The van der Waals surface area contributed by atoms with Crippen LogP contribution < -0.4 is 0 Å². The van der Waals surface area contributed by atoms with Crippen molar-refractivity contribution in [2.75, 3.05) is 23.9 Å². The van der Waals surface area contributed by atoms with Crippen molar-refractivity contribution in [3.8, 4) is 0 Å². The van der Waals surface area contributed by atoms with Crippen LogP contribution in [0.5, 0.6) is 0 Å². The second-order valence-corrected chi connectivity index (χ2v) is 11.0. The third kappa shape index (κ3) is 17.4. The van der Waals surface area contributed by atoms with Crippen LogP contribution in [0.1, 0.15) is 65.2 Å². The topological polar surface area (TPSA) is 26.3 Å². The van der Waals surface area contributed by atoms with Crippen molar-refractivity contribution < 1.29 is 9.53 Å². The first-order valence-electron chi connectivity index (χ1n) is 9.06. The first-order valence-corrected chi connectivity index (χ1v) is 13.9. The average Bonchev–Trinajstić information content (AvgIpc) is 2.60. The smallest absolute Gasteiger partial charge is 0.330 e. The minimum absolute atomic E-state index is 0.314. The van der Waals surface area contributed by atoms with Crippen molar-refractivity contribution in [1.29, 1.82) is 0 Å². The Morgan fingerprint density at radius 1 is 0.958 bits per heavy atom. The van der Waals surface area contributed by atoms with Gasteiger partial charge in [0.1, 0.15) is 6.61 Å². The molecule has 142 valence electrons. The number of hydrogen-bond acceptors (Lipinski definition) is 6. The van der Waals surface area contributed by atoms with Gasteiger partial charge in [-0.3, -0.25) is 0 Å². The summed E-state index contributed by atoms with van der Waals surface area (Å²) in [6.07, 6.45) is 11.7. The molecule has 0 saturated carbocycles. The molecular weight excluding hydrogens is 376 g/mol. The molecular formula is C18H34O2S4. The predicted octanol–water partition coefficient (Wildman–Crippen LogP) is 7.01. The van der Waals surface area contributed by atoms with E-state index >= 15 is 0 Å². The van der Waals surface area contributed by atoms with E-state index in [4.69, 9.17) is 4.74 Å². The maximum absolute atomic E-state index is 11.3. The molecule has 1 unspecified atom stereocenters. The Hall–Kier alpha value is 0.610. The zero-order valence-electron chi connectivity index (χ0n) is 15.3. The summed E-state index contributed by atoms with van der Waals surface area (Å²) >= 11 is 0. The summed E-state index contributed by atoms with van der Waals surface area (Å²) in [7, 11) is 7.67. The molecule has 0 heterocycles. The lowest BCUT2D eigenvalue weighted by Crippen LogP contribution is -2.16. The summed E-state index contributed by atoms with van der Waals surface area (Å²) in [6, 6.07) is 0. The van der Waals surface area contributed by atoms with E-state index in [9.17, 15) is 4.79 Å². The van der Waals surface area contributed by atoms with Crippen LogP contribution in [0.4, 0.5) is 0 Å². The van der Waals surface area contributed by atoms with Gasteiger partial charge < -0.3 is 4.74 Å². The van der Waals surface area contributed by atoms with Crippen molar-refractivity contribution >= 4 is 49.1 Å². The third-order valence-corrected chi connectivity index (χ3v) is 8.95. The molecule has 0 aliphatic heterocycles. The fourth-order valence-electron chi connectivity index (χ4n) is 1.84. The fraction of sp³-hybridized carbons (Fsp3) is 0.833. The second kappa shape index (κ2) is 19.9. The van der Waals surface area contributed by atoms with Gasteiger partial charge in [0.05, 0.1) is 5.25 Å². The van der Waals surface area contributed by atoms with Crippen molar-refractivity contribution in [2.24, 2.45) is 0 Å². The summed E-state index contributed by atoms with van der Waals surface area (Å²) in [5, 5.41) is 0.359. The summed E-state index contributed by atoms with van der Waals surface area (Å²) in [4.78, 5) is 11.3. The Balaban J connectivity index is 3.82. The summed E-state index contributed by atoms with van der Waals surface area (Å²) in [6.45, 7) is 8.43. The van der Waals surface area contributed by atoms with Crippen molar-refractivity contribution in [1.82, 2.24) is 0 Å². The van der Waals surface area contributed by atoms with E-state index < -0.39 is 0 Å². The van der Waals surface area contributed by atoms with Gasteiger partial charge in [0.25, 0.3) is 0 Å². The van der Waals surface area contributed by atoms with E-state index in [-0.39, 0.29) is 5.97 Å². The lowest BCUT2D eigenvalue weighted by Gasteiger charge is -2.15. The molecule has 2 nitrogen and oxygen atoms in total. The van der Waals surface area contributed by atoms with Crippen LogP contribution in [0.25, 0.3) is 0 Å². The molecule has 0 aromatic carbocycles. The molecule has 0 amide bonds. The largest absolute Gasteiger partial charge is 0.461 e. The standard InChI is InChI=1S/C18H34O2S4/c1-4-7-9-11-13-21-23-16-17(15-20-18(19)6-3)24-22-14-12-10-8-5-2/h6,17H,3-5,7-16H2,1-2H3. The van der Waals surface area contributed by atoms with Gasteiger partial charge in [0.15, 0.2) is 0 Å². The van der Waals surface area contributed by atoms with Gasteiger partial charge in [0, 0.05) is 23.3 Å². The number of unbranched alkanes of at least 4 members (excludes halogenated alkanes) is 6. The minimum Gasteiger partial charge on any atom is -0.461 e. The van der Waals surface area contributed by atoms with E-state index in [0.717, 1.165) is 5.75 Å². The van der Waals surface area contributed by atoms with Gasteiger partial charge in [-0.25, -0.2) is 4.79 Å². The highest BCUT2D eigenvalue weighted by Gasteiger charge is 2.13. The molecule has 0 bridgehead atoms. The number of rotatable bonds is 18. The number of carbonyl (C=O) groups is 1. The number of carbonyl (C=O) groups excluding carboxylic acids is 1. The highest BCUT2D eigenvalue weighted by atomic mass is 33.1. The molecule has 0 aliphatic carbocycles. The Bertz CT molecular complexity index is 301. The van der Waals surface area contributed by atoms with Crippen LogP contribution in [0.3, 0.4) is 0 Å². The molecule has 0 saturated heterocycles. The van der Waals surface area contributed by atoms with E-state index in [0.29, 0.717) is 11.9 Å². The molecule has 0 aliphatic rings. The van der Waals surface area contributed by atoms with Crippen LogP contribution in [-0.2, 0) is 9.53 Å². The third-order valence-electron chi connectivity index (χ3n) is 3.28. The van der Waals surface area contributed by atoms with Crippen molar-refractivity contribution in [3.63, 3.8) is 0 Å². The molecule has 24 heavy (non-hydrogen) atoms. The Kier molecular flexibility index (Phi) is 20.4. The van der Waals surface area contributed by atoms with E-state index in [1.165, 1.54) is 68.9 Å². The normalized spacial score (nSPS) is 12.1. The van der Waals surface area contributed by atoms with Gasteiger partial charge in [-0.15, -0.1) is 0 Å². The summed E-state index contributed by atoms with van der Waals surface area (Å²) < 4.78 is 5.25. The molecule has 0 aromatic heterocycles. The Morgan fingerprint density at radius 3 is 2.17 bits per heavy atom. The maximum atomic E-state index is 11.3. The van der Waals surface area contributed by atoms with Crippen LogP contribution in [0, 0.1) is 0 Å². The molecule has 0 N–H and O–H groups in total. The Morgan fingerprint density at radius 2 is 1.58 bits per heavy atom. The highest BCUT2D eigenvalue weighted by molar-refractivity contribution is 8.78. The lowest BCUT2D eigenvalue weighted by molar-refractivity contribution is -0.137. The van der Waals surface area contributed by atoms with Crippen molar-refractivity contribution in [2.45, 2.75) is 70.5 Å². The van der Waals surface area contributed by atoms with Crippen LogP contribution >= 0.6 is 43.2 Å². The minimum atomic E-state index is -0.314. The summed E-state index contributed by atoms with van der Waals surface area (Å²) in [5.74, 6) is 3.12. The maximum Gasteiger partial charge on any atom is 0.330 e. The van der Waals surface area contributed by atoms with Crippen LogP contribution in [0.2, 0.25) is 0 Å². The zero-order valence-corrected chi connectivity index (χ0v) is 18.6. The van der Waals surface area contributed by atoms with Gasteiger partial charge >= 0.3 is 5.97 Å². The van der Waals surface area contributed by atoms with Gasteiger partial charge in [-0.1, -0.05) is 102 Å². The molecule has 1 atom stereocenters. The molecule has 0 radical (unpaired) electrons.